The number of rotatable bonds is 3. The Morgan fingerprint density at radius 3 is 2.65 bits per heavy atom. The Morgan fingerprint density at radius 2 is 2.10 bits per heavy atom. The van der Waals surface area contributed by atoms with Crippen LogP contribution in [-0.2, 0) is 6.42 Å². The zero-order valence-corrected chi connectivity index (χ0v) is 13.0. The van der Waals surface area contributed by atoms with Gasteiger partial charge in [0.1, 0.15) is 6.54 Å². The summed E-state index contributed by atoms with van der Waals surface area (Å²) in [5.74, 6) is 0. The molecule has 0 saturated carbocycles. The summed E-state index contributed by atoms with van der Waals surface area (Å²) in [6.45, 7) is 3.37. The predicted octanol–water partition coefficient (Wildman–Crippen LogP) is 3.37. The molecule has 114 valence electrons. The fourth-order valence-corrected chi connectivity index (χ4v) is 3.81. The Morgan fingerprint density at radius 1 is 1.45 bits per heavy atom. The average Bonchev–Trinajstić information content (AvgIpc) is 2.67. The van der Waals surface area contributed by atoms with E-state index in [1.54, 1.807) is 0 Å². The minimum absolute atomic E-state index is 0.120. The lowest BCUT2D eigenvalue weighted by Gasteiger charge is -2.34. The van der Waals surface area contributed by atoms with Gasteiger partial charge in [-0.2, -0.15) is 13.2 Å². The highest BCUT2D eigenvalue weighted by atomic mass is 32.1. The molecule has 1 atom stereocenters. The van der Waals surface area contributed by atoms with Crippen molar-refractivity contribution in [1.82, 2.24) is 10.3 Å². The van der Waals surface area contributed by atoms with Crippen molar-refractivity contribution in [1.29, 1.82) is 0 Å². The lowest BCUT2D eigenvalue weighted by atomic mass is 9.76. The van der Waals surface area contributed by atoms with E-state index in [0.717, 1.165) is 23.4 Å². The molecule has 2 rings (SSSR count). The molecular weight excluding hydrogens is 287 g/mol. The van der Waals surface area contributed by atoms with Crippen LogP contribution in [0.15, 0.2) is 0 Å². The van der Waals surface area contributed by atoms with Crippen molar-refractivity contribution in [2.24, 2.45) is 5.41 Å². The minimum atomic E-state index is -4.21. The number of fused-ring (bicyclic) bond motifs is 1. The molecular formula is C13H20F3N3S. The summed E-state index contributed by atoms with van der Waals surface area (Å²) in [5.41, 5.74) is 1.06. The van der Waals surface area contributed by atoms with Crippen LogP contribution < -0.4 is 10.2 Å². The summed E-state index contributed by atoms with van der Waals surface area (Å²) in [5, 5.41) is 3.70. The van der Waals surface area contributed by atoms with E-state index in [0.29, 0.717) is 5.13 Å². The molecule has 7 heteroatoms. The smallest absolute Gasteiger partial charge is 0.342 e. The van der Waals surface area contributed by atoms with Gasteiger partial charge in [-0.1, -0.05) is 25.2 Å². The van der Waals surface area contributed by atoms with Crippen molar-refractivity contribution in [3.8, 4) is 0 Å². The maximum atomic E-state index is 12.5. The molecule has 0 saturated heterocycles. The zero-order chi connectivity index (χ0) is 15.1. The first-order valence-corrected chi connectivity index (χ1v) is 7.38. The van der Waals surface area contributed by atoms with E-state index in [-0.39, 0.29) is 11.5 Å². The van der Waals surface area contributed by atoms with Gasteiger partial charge in [0.05, 0.1) is 5.69 Å². The first-order chi connectivity index (χ1) is 9.11. The summed E-state index contributed by atoms with van der Waals surface area (Å²) in [6.07, 6.45) is -2.42. The van der Waals surface area contributed by atoms with Gasteiger partial charge in [0, 0.05) is 18.0 Å². The van der Waals surface area contributed by atoms with Gasteiger partial charge >= 0.3 is 6.18 Å². The van der Waals surface area contributed by atoms with E-state index in [4.69, 9.17) is 0 Å². The molecule has 1 aromatic heterocycles. The lowest BCUT2D eigenvalue weighted by Crippen LogP contribution is -2.31. The van der Waals surface area contributed by atoms with Crippen LogP contribution in [-0.4, -0.2) is 31.8 Å². The predicted molar refractivity (Wildman–Crippen MR) is 75.3 cm³/mol. The van der Waals surface area contributed by atoms with Gasteiger partial charge in [-0.3, -0.25) is 0 Å². The van der Waals surface area contributed by atoms with Gasteiger partial charge in [-0.05, 0) is 25.3 Å². The normalized spacial score (nSPS) is 21.6. The van der Waals surface area contributed by atoms with Gasteiger partial charge < -0.3 is 10.2 Å². The Bertz CT molecular complexity index is 482. The van der Waals surface area contributed by atoms with Gasteiger partial charge in [0.25, 0.3) is 0 Å². The van der Waals surface area contributed by atoms with Crippen molar-refractivity contribution in [2.45, 2.75) is 38.9 Å². The van der Waals surface area contributed by atoms with Gasteiger partial charge in [0.15, 0.2) is 5.13 Å². The van der Waals surface area contributed by atoms with E-state index >= 15 is 0 Å². The Labute approximate surface area is 121 Å². The molecule has 1 heterocycles. The highest BCUT2D eigenvalue weighted by Gasteiger charge is 2.36. The number of alkyl halides is 3. The van der Waals surface area contributed by atoms with Crippen LogP contribution in [0.3, 0.4) is 0 Å². The number of nitrogens with one attached hydrogen (secondary N) is 1. The molecule has 0 bridgehead atoms. The van der Waals surface area contributed by atoms with E-state index in [1.807, 2.05) is 7.05 Å². The maximum absolute atomic E-state index is 12.5. The van der Waals surface area contributed by atoms with E-state index in [9.17, 15) is 13.2 Å². The second-order valence-corrected chi connectivity index (χ2v) is 7.17. The first-order valence-electron chi connectivity index (χ1n) is 6.56. The summed E-state index contributed by atoms with van der Waals surface area (Å²) in [7, 11) is 3.33. The molecule has 0 spiro atoms. The molecule has 0 aliphatic heterocycles. The number of nitrogens with zero attached hydrogens (tertiary/aromatic N) is 2. The summed E-state index contributed by atoms with van der Waals surface area (Å²) in [6, 6.07) is 0.180. The number of anilines is 1. The molecule has 1 N–H and O–H groups in total. The van der Waals surface area contributed by atoms with Crippen LogP contribution in [0.1, 0.15) is 36.9 Å². The quantitative estimate of drug-likeness (QED) is 0.928. The second kappa shape index (κ2) is 5.18. The topological polar surface area (TPSA) is 28.2 Å². The molecule has 0 amide bonds. The third-order valence-corrected chi connectivity index (χ3v) is 4.85. The summed E-state index contributed by atoms with van der Waals surface area (Å²) >= 11 is 1.37. The van der Waals surface area contributed by atoms with Crippen molar-refractivity contribution in [3.05, 3.63) is 10.6 Å². The van der Waals surface area contributed by atoms with Gasteiger partial charge in [-0.15, -0.1) is 0 Å². The van der Waals surface area contributed by atoms with Crippen LogP contribution >= 0.6 is 11.3 Å². The Balaban J connectivity index is 2.26. The average molecular weight is 307 g/mol. The van der Waals surface area contributed by atoms with Crippen molar-refractivity contribution < 1.29 is 13.2 Å². The fourth-order valence-electron chi connectivity index (χ4n) is 2.65. The molecule has 0 aromatic carbocycles. The molecule has 3 nitrogen and oxygen atoms in total. The van der Waals surface area contributed by atoms with Crippen LogP contribution in [0.25, 0.3) is 0 Å². The molecule has 0 radical (unpaired) electrons. The molecule has 0 fully saturated rings. The zero-order valence-electron chi connectivity index (χ0n) is 12.1. The van der Waals surface area contributed by atoms with Gasteiger partial charge in [0.2, 0.25) is 0 Å². The number of aromatic nitrogens is 1. The SMILES string of the molecule is CNC1CC(C)(C)Cc2nc(N(C)CC(F)(F)F)sc21. The lowest BCUT2D eigenvalue weighted by molar-refractivity contribution is -0.119. The Hall–Kier alpha value is -0.820. The minimum Gasteiger partial charge on any atom is -0.342 e. The van der Waals surface area contributed by atoms with Crippen molar-refractivity contribution in [3.63, 3.8) is 0 Å². The maximum Gasteiger partial charge on any atom is 0.405 e. The second-order valence-electron chi connectivity index (χ2n) is 6.16. The first kappa shape index (κ1) is 15.6. The van der Waals surface area contributed by atoms with Crippen LogP contribution in [0.4, 0.5) is 18.3 Å². The highest BCUT2D eigenvalue weighted by Crippen LogP contribution is 2.44. The molecule has 20 heavy (non-hydrogen) atoms. The molecule has 1 unspecified atom stereocenters. The molecule has 1 aliphatic carbocycles. The fraction of sp³-hybridized carbons (Fsp3) is 0.769. The number of hydrogen-bond donors (Lipinski definition) is 1. The summed E-state index contributed by atoms with van der Waals surface area (Å²) < 4.78 is 37.4. The molecule has 1 aromatic rings. The third-order valence-electron chi connectivity index (χ3n) is 3.53. The van der Waals surface area contributed by atoms with Crippen molar-refractivity contribution in [2.75, 3.05) is 25.5 Å². The third kappa shape index (κ3) is 3.44. The molecule has 1 aliphatic rings. The van der Waals surface area contributed by atoms with Gasteiger partial charge in [-0.25, -0.2) is 4.98 Å². The number of hydrogen-bond acceptors (Lipinski definition) is 4. The van der Waals surface area contributed by atoms with Crippen molar-refractivity contribution >= 4 is 16.5 Å². The van der Waals surface area contributed by atoms with E-state index < -0.39 is 12.7 Å². The van der Waals surface area contributed by atoms with E-state index in [1.165, 1.54) is 23.3 Å². The monoisotopic (exact) mass is 307 g/mol. The summed E-state index contributed by atoms with van der Waals surface area (Å²) in [4.78, 5) is 6.70. The highest BCUT2D eigenvalue weighted by molar-refractivity contribution is 7.15. The standard InChI is InChI=1S/C13H20F3N3S/c1-12(2)5-8(17-3)10-9(6-12)18-11(20-10)19(4)7-13(14,15)16/h8,17H,5-7H2,1-4H3. The number of halogens is 3. The van der Waals surface area contributed by atoms with Crippen LogP contribution in [0, 0.1) is 5.41 Å². The van der Waals surface area contributed by atoms with Crippen LogP contribution in [0.2, 0.25) is 0 Å². The largest absolute Gasteiger partial charge is 0.405 e. The van der Waals surface area contributed by atoms with E-state index in [2.05, 4.69) is 24.1 Å². The Kier molecular flexibility index (Phi) is 4.03. The number of thiazole rings is 1. The van der Waals surface area contributed by atoms with Crippen LogP contribution in [0.5, 0.6) is 0 Å².